The van der Waals surface area contributed by atoms with Crippen molar-refractivity contribution in [1.29, 1.82) is 0 Å². The lowest BCUT2D eigenvalue weighted by molar-refractivity contribution is -0.525. The summed E-state index contributed by atoms with van der Waals surface area (Å²) in [6, 6.07) is -1.41. The van der Waals surface area contributed by atoms with Gasteiger partial charge in [0.25, 0.3) is 11.9 Å². The number of oxazole rings is 1. The quantitative estimate of drug-likeness (QED) is 0.0944. The summed E-state index contributed by atoms with van der Waals surface area (Å²) in [6.07, 6.45) is 2.48. The summed E-state index contributed by atoms with van der Waals surface area (Å²) >= 11 is 0. The molecule has 13 heteroatoms. The highest BCUT2D eigenvalue weighted by Crippen LogP contribution is 2.21. The van der Waals surface area contributed by atoms with Crippen molar-refractivity contribution in [3.8, 4) is 0 Å². The number of nitrogens with zero attached hydrogens (tertiary/aromatic N) is 3. The number of ether oxygens (including phenoxy) is 1. The monoisotopic (exact) mass is 413 g/mol. The highest BCUT2D eigenvalue weighted by atomic mass is 16.7. The van der Waals surface area contributed by atoms with E-state index in [9.17, 15) is 19.7 Å². The number of hydrogen-bond donors (Lipinski definition) is 4. The molecule has 0 saturated carbocycles. The molecule has 1 aromatic rings. The van der Waals surface area contributed by atoms with Gasteiger partial charge in [-0.2, -0.15) is 0 Å². The third-order valence-corrected chi connectivity index (χ3v) is 4.23. The van der Waals surface area contributed by atoms with E-state index in [-0.39, 0.29) is 36.4 Å². The Morgan fingerprint density at radius 3 is 2.76 bits per heavy atom. The topological polar surface area (TPSA) is 201 Å². The number of nitrogens with one attached hydrogen (secondary N) is 2. The number of amides is 1. The molecule has 0 saturated heterocycles. The largest absolute Gasteiger partial charge is 0.467 e. The average molecular weight is 413 g/mol. The first-order valence-corrected chi connectivity index (χ1v) is 9.00. The van der Waals surface area contributed by atoms with Gasteiger partial charge in [0.15, 0.2) is 10.7 Å². The second kappa shape index (κ2) is 11.6. The lowest BCUT2D eigenvalue weighted by Crippen LogP contribution is -2.42. The Morgan fingerprint density at radius 2 is 2.17 bits per heavy atom. The molecule has 1 aromatic heterocycles. The molecule has 0 fully saturated rings. The van der Waals surface area contributed by atoms with Crippen molar-refractivity contribution in [3.05, 3.63) is 28.0 Å². The Morgan fingerprint density at radius 1 is 1.48 bits per heavy atom. The minimum atomic E-state index is -0.962. The van der Waals surface area contributed by atoms with Crippen LogP contribution in [0.25, 0.3) is 0 Å². The zero-order chi connectivity index (χ0) is 22.0. The van der Waals surface area contributed by atoms with Gasteiger partial charge in [0.1, 0.15) is 12.3 Å². The molecule has 0 radical (unpaired) electrons. The highest BCUT2D eigenvalue weighted by molar-refractivity contribution is 5.94. The number of esters is 1. The van der Waals surface area contributed by atoms with Crippen LogP contribution in [0.1, 0.15) is 55.5 Å². The van der Waals surface area contributed by atoms with Gasteiger partial charge in [0.05, 0.1) is 13.2 Å². The first-order chi connectivity index (χ1) is 13.7. The normalized spacial score (nSPS) is 14.6. The molecule has 1 amide bonds. The fraction of sp³-hybridized carbons (Fsp3) is 0.625. The predicted molar refractivity (Wildman–Crippen MR) is 102 cm³/mol. The van der Waals surface area contributed by atoms with Crippen LogP contribution in [-0.2, 0) is 9.53 Å². The van der Waals surface area contributed by atoms with E-state index < -0.39 is 29.0 Å². The minimum Gasteiger partial charge on any atom is -0.467 e. The van der Waals surface area contributed by atoms with Crippen LogP contribution in [0, 0.1) is 16.0 Å². The van der Waals surface area contributed by atoms with Crippen LogP contribution in [0.4, 0.5) is 0 Å². The van der Waals surface area contributed by atoms with Crippen LogP contribution in [0.3, 0.4) is 0 Å². The van der Waals surface area contributed by atoms with Gasteiger partial charge in [-0.15, -0.1) is 0 Å². The van der Waals surface area contributed by atoms with E-state index in [1.807, 2.05) is 13.8 Å². The van der Waals surface area contributed by atoms with Gasteiger partial charge in [-0.25, -0.2) is 24.9 Å². The number of hydrogen-bond acceptors (Lipinski definition) is 9. The molecular formula is C16H27N7O6. The molecule has 1 rings (SSSR count). The second-order valence-corrected chi connectivity index (χ2v) is 6.31. The Kier molecular flexibility index (Phi) is 9.51. The highest BCUT2D eigenvalue weighted by Gasteiger charge is 2.25. The Bertz CT molecular complexity index is 735. The molecule has 0 spiro atoms. The molecule has 3 unspecified atom stereocenters. The fourth-order valence-electron chi connectivity index (χ4n) is 2.29. The third kappa shape index (κ3) is 7.73. The van der Waals surface area contributed by atoms with Crippen LogP contribution in [0.2, 0.25) is 0 Å². The average Bonchev–Trinajstić information content (AvgIpc) is 3.18. The summed E-state index contributed by atoms with van der Waals surface area (Å²) in [5, 5.41) is 11.9. The summed E-state index contributed by atoms with van der Waals surface area (Å²) in [5.41, 5.74) is 13.0. The molecule has 0 bridgehead atoms. The van der Waals surface area contributed by atoms with Gasteiger partial charge in [-0.1, -0.05) is 25.7 Å². The molecule has 162 valence electrons. The summed E-state index contributed by atoms with van der Waals surface area (Å²) in [7, 11) is 1.19. The Balaban J connectivity index is 2.69. The maximum Gasteiger partial charge on any atom is 0.328 e. The number of nitro groups is 1. The van der Waals surface area contributed by atoms with Gasteiger partial charge >= 0.3 is 5.97 Å². The van der Waals surface area contributed by atoms with Crippen LogP contribution in [0.5, 0.6) is 0 Å². The van der Waals surface area contributed by atoms with Crippen molar-refractivity contribution >= 4 is 17.8 Å². The molecule has 29 heavy (non-hydrogen) atoms. The SMILES string of the molecule is CCC(C)C(N)c1nc(C(=O)NC(CCCN=C(N)N[N+](=O)[O-])C(=O)OC)co1. The summed E-state index contributed by atoms with van der Waals surface area (Å²) < 4.78 is 9.98. The van der Waals surface area contributed by atoms with Gasteiger partial charge in [0, 0.05) is 6.54 Å². The van der Waals surface area contributed by atoms with E-state index in [0.717, 1.165) is 6.42 Å². The van der Waals surface area contributed by atoms with Gasteiger partial charge in [0.2, 0.25) is 5.89 Å². The van der Waals surface area contributed by atoms with E-state index in [4.69, 9.17) is 15.9 Å². The van der Waals surface area contributed by atoms with Crippen molar-refractivity contribution in [1.82, 2.24) is 15.7 Å². The maximum atomic E-state index is 12.4. The van der Waals surface area contributed by atoms with Crippen LogP contribution in [0.15, 0.2) is 15.7 Å². The zero-order valence-corrected chi connectivity index (χ0v) is 16.6. The molecule has 0 aromatic carbocycles. The number of carbonyl (C=O) groups is 2. The van der Waals surface area contributed by atoms with E-state index in [1.165, 1.54) is 13.4 Å². The van der Waals surface area contributed by atoms with E-state index >= 15 is 0 Å². The number of hydrazine groups is 1. The number of carbonyl (C=O) groups excluding carboxylic acids is 2. The number of nitrogens with two attached hydrogens (primary N) is 2. The minimum absolute atomic E-state index is 0.00916. The van der Waals surface area contributed by atoms with Crippen molar-refractivity contribution in [2.24, 2.45) is 22.4 Å². The van der Waals surface area contributed by atoms with E-state index in [1.54, 1.807) is 5.43 Å². The molecule has 3 atom stereocenters. The molecule has 1 heterocycles. The summed E-state index contributed by atoms with van der Waals surface area (Å²) in [6.45, 7) is 4.03. The standard InChI is InChI=1S/C16H27N7O6/c1-4-9(2)12(17)14-21-11(8-29-14)13(24)20-10(15(25)28-3)6-5-7-19-16(18)22-23(26)27/h8-10,12H,4-7,17H2,1-3H3,(H,20,24)(H3,18,19,22). The van der Waals surface area contributed by atoms with E-state index in [0.29, 0.717) is 6.42 Å². The third-order valence-electron chi connectivity index (χ3n) is 4.23. The predicted octanol–water partition coefficient (Wildman–Crippen LogP) is -0.132. The fourth-order valence-corrected chi connectivity index (χ4v) is 2.29. The van der Waals surface area contributed by atoms with Crippen molar-refractivity contribution in [3.63, 3.8) is 0 Å². The molecule has 6 N–H and O–H groups in total. The van der Waals surface area contributed by atoms with Crippen molar-refractivity contribution in [2.45, 2.75) is 45.2 Å². The number of methoxy groups -OCH3 is 1. The zero-order valence-electron chi connectivity index (χ0n) is 16.6. The maximum absolute atomic E-state index is 12.4. The smallest absolute Gasteiger partial charge is 0.328 e. The van der Waals surface area contributed by atoms with Crippen LogP contribution < -0.4 is 22.2 Å². The summed E-state index contributed by atoms with van der Waals surface area (Å²) in [4.78, 5) is 42.4. The molecule has 0 aliphatic heterocycles. The second-order valence-electron chi connectivity index (χ2n) is 6.31. The number of aromatic nitrogens is 1. The lowest BCUT2D eigenvalue weighted by Gasteiger charge is -2.15. The van der Waals surface area contributed by atoms with Crippen molar-refractivity contribution < 1.29 is 23.8 Å². The number of guanidine groups is 1. The molecule has 0 aliphatic rings. The van der Waals surface area contributed by atoms with Gasteiger partial charge in [-0.05, 0) is 18.8 Å². The van der Waals surface area contributed by atoms with Crippen LogP contribution in [-0.4, -0.2) is 47.5 Å². The van der Waals surface area contributed by atoms with E-state index in [2.05, 4.69) is 20.0 Å². The van der Waals surface area contributed by atoms with Crippen LogP contribution >= 0.6 is 0 Å². The number of aliphatic imine (C=N–C) groups is 1. The van der Waals surface area contributed by atoms with Gasteiger partial charge < -0.3 is 25.9 Å². The first kappa shape index (κ1) is 23.8. The Hall–Kier alpha value is -3.22. The molecular weight excluding hydrogens is 386 g/mol. The molecule has 13 nitrogen and oxygen atoms in total. The summed E-state index contributed by atoms with van der Waals surface area (Å²) in [5.74, 6) is -1.28. The van der Waals surface area contributed by atoms with Gasteiger partial charge in [-0.3, -0.25) is 4.79 Å². The Labute approximate surface area is 167 Å². The first-order valence-electron chi connectivity index (χ1n) is 9.00. The lowest BCUT2D eigenvalue weighted by atomic mass is 10.0. The van der Waals surface area contributed by atoms with Crippen molar-refractivity contribution in [2.75, 3.05) is 13.7 Å². The number of rotatable bonds is 11. The molecule has 0 aliphatic carbocycles.